The van der Waals surface area contributed by atoms with Gasteiger partial charge >= 0.3 is 0 Å². The van der Waals surface area contributed by atoms with Gasteiger partial charge in [-0.1, -0.05) is 91.0 Å². The molecule has 3 aromatic heterocycles. The van der Waals surface area contributed by atoms with Crippen molar-refractivity contribution in [3.63, 3.8) is 0 Å². The molecular formula is C46H27N5. The van der Waals surface area contributed by atoms with E-state index in [1.807, 2.05) is 24.4 Å². The summed E-state index contributed by atoms with van der Waals surface area (Å²) < 4.78 is 2.37. The van der Waals surface area contributed by atoms with E-state index in [4.69, 9.17) is 0 Å². The standard InChI is InChI=1S/C46H27N5/c47-24-30-18-37(28-49-26-30)33-9-6-8-32(20-33)35-16-17-42-44(22-35)51(39-12-2-1-3-13-39)45-23-43(40-14-4-5-15-41(40)46(42)45)36-11-7-10-34(21-36)38-19-31(25-48)27-50-29-38/h1-23,26-29H. The Morgan fingerprint density at radius 3 is 1.65 bits per heavy atom. The van der Waals surface area contributed by atoms with Crippen LogP contribution in [0.15, 0.2) is 164 Å². The maximum atomic E-state index is 9.50. The van der Waals surface area contributed by atoms with Gasteiger partial charge in [0.1, 0.15) is 12.1 Å². The van der Waals surface area contributed by atoms with Crippen LogP contribution in [-0.4, -0.2) is 14.5 Å². The van der Waals surface area contributed by atoms with Crippen molar-refractivity contribution in [3.05, 3.63) is 175 Å². The van der Waals surface area contributed by atoms with Crippen LogP contribution in [-0.2, 0) is 0 Å². The summed E-state index contributed by atoms with van der Waals surface area (Å²) in [5.41, 5.74) is 12.6. The highest BCUT2D eigenvalue weighted by molar-refractivity contribution is 6.24. The number of pyridine rings is 2. The van der Waals surface area contributed by atoms with Crippen LogP contribution in [0.1, 0.15) is 11.1 Å². The number of para-hydroxylation sites is 1. The van der Waals surface area contributed by atoms with Crippen LogP contribution in [0.4, 0.5) is 0 Å². The van der Waals surface area contributed by atoms with Crippen LogP contribution in [0.5, 0.6) is 0 Å². The fraction of sp³-hybridized carbons (Fsp3) is 0. The number of rotatable bonds is 5. The number of aromatic nitrogens is 3. The monoisotopic (exact) mass is 649 g/mol. The van der Waals surface area contributed by atoms with Crippen LogP contribution in [0.2, 0.25) is 0 Å². The topological polar surface area (TPSA) is 78.3 Å². The highest BCUT2D eigenvalue weighted by atomic mass is 15.0. The normalized spacial score (nSPS) is 11.1. The number of nitrogens with zero attached hydrogens (tertiary/aromatic N) is 5. The lowest BCUT2D eigenvalue weighted by Crippen LogP contribution is -1.94. The maximum Gasteiger partial charge on any atom is 0.101 e. The molecule has 0 radical (unpaired) electrons. The van der Waals surface area contributed by atoms with E-state index in [1.54, 1.807) is 18.6 Å². The van der Waals surface area contributed by atoms with Crippen molar-refractivity contribution in [2.24, 2.45) is 0 Å². The van der Waals surface area contributed by atoms with E-state index in [0.29, 0.717) is 11.1 Å². The van der Waals surface area contributed by atoms with Gasteiger partial charge in [0.15, 0.2) is 0 Å². The second-order valence-electron chi connectivity index (χ2n) is 12.6. The van der Waals surface area contributed by atoms with Crippen LogP contribution in [0, 0.1) is 22.7 Å². The fourth-order valence-electron chi connectivity index (χ4n) is 7.21. The Morgan fingerprint density at radius 1 is 0.412 bits per heavy atom. The average Bonchev–Trinajstić information content (AvgIpc) is 3.54. The van der Waals surface area contributed by atoms with E-state index in [-0.39, 0.29) is 0 Å². The lowest BCUT2D eigenvalue weighted by atomic mass is 9.93. The highest BCUT2D eigenvalue weighted by Gasteiger charge is 2.19. The van der Waals surface area contributed by atoms with Crippen LogP contribution < -0.4 is 0 Å². The summed E-state index contributed by atoms with van der Waals surface area (Å²) in [7, 11) is 0. The van der Waals surface area contributed by atoms with Crippen LogP contribution >= 0.6 is 0 Å². The summed E-state index contributed by atoms with van der Waals surface area (Å²) in [6.45, 7) is 0. The Bertz CT molecular complexity index is 2890. The average molecular weight is 650 g/mol. The third-order valence-electron chi connectivity index (χ3n) is 9.56. The van der Waals surface area contributed by atoms with Gasteiger partial charge in [-0.05, 0) is 92.7 Å². The number of hydrogen-bond acceptors (Lipinski definition) is 4. The first-order valence-electron chi connectivity index (χ1n) is 16.7. The molecule has 0 amide bonds. The molecule has 0 aliphatic rings. The molecule has 0 saturated carbocycles. The molecule has 0 N–H and O–H groups in total. The largest absolute Gasteiger partial charge is 0.309 e. The van der Waals surface area contributed by atoms with E-state index in [1.165, 1.54) is 21.5 Å². The van der Waals surface area contributed by atoms with E-state index >= 15 is 0 Å². The van der Waals surface area contributed by atoms with E-state index < -0.39 is 0 Å². The van der Waals surface area contributed by atoms with Crippen molar-refractivity contribution in [2.75, 3.05) is 0 Å². The van der Waals surface area contributed by atoms with Gasteiger partial charge in [-0.15, -0.1) is 0 Å². The smallest absolute Gasteiger partial charge is 0.101 e. The third kappa shape index (κ3) is 5.18. The summed E-state index contributed by atoms with van der Waals surface area (Å²) in [5.74, 6) is 0. The van der Waals surface area contributed by atoms with E-state index in [9.17, 15) is 10.5 Å². The summed E-state index contributed by atoms with van der Waals surface area (Å²) >= 11 is 0. The molecule has 0 aliphatic carbocycles. The van der Waals surface area contributed by atoms with Crippen LogP contribution in [0.3, 0.4) is 0 Å². The summed E-state index contributed by atoms with van der Waals surface area (Å²) in [4.78, 5) is 8.60. The number of fused-ring (bicyclic) bond motifs is 5. The highest BCUT2D eigenvalue weighted by Crippen LogP contribution is 2.43. The Balaban J connectivity index is 1.28. The Kier molecular flexibility index (Phi) is 7.17. The Labute approximate surface area is 294 Å². The minimum atomic E-state index is 0.536. The lowest BCUT2D eigenvalue weighted by Gasteiger charge is -2.13. The molecule has 236 valence electrons. The van der Waals surface area contributed by atoms with Gasteiger partial charge in [0, 0.05) is 52.4 Å². The minimum Gasteiger partial charge on any atom is -0.309 e. The number of nitriles is 2. The number of benzene rings is 6. The molecule has 5 heteroatoms. The molecule has 9 aromatic rings. The molecule has 0 fully saturated rings. The van der Waals surface area contributed by atoms with Gasteiger partial charge in [0.05, 0.1) is 22.2 Å². The zero-order chi connectivity index (χ0) is 34.3. The fourth-order valence-corrected chi connectivity index (χ4v) is 7.21. The molecular weight excluding hydrogens is 623 g/mol. The van der Waals surface area contributed by atoms with Crippen molar-refractivity contribution in [3.8, 4) is 62.3 Å². The first kappa shape index (κ1) is 29.8. The van der Waals surface area contributed by atoms with Gasteiger partial charge in [-0.3, -0.25) is 9.97 Å². The van der Waals surface area contributed by atoms with Gasteiger partial charge < -0.3 is 4.57 Å². The van der Waals surface area contributed by atoms with Crippen molar-refractivity contribution >= 4 is 32.6 Å². The molecule has 51 heavy (non-hydrogen) atoms. The first-order valence-corrected chi connectivity index (χ1v) is 16.7. The summed E-state index contributed by atoms with van der Waals surface area (Å²) in [6, 6.07) is 53.3. The second kappa shape index (κ2) is 12.3. The van der Waals surface area contributed by atoms with Crippen molar-refractivity contribution in [2.45, 2.75) is 0 Å². The van der Waals surface area contributed by atoms with Gasteiger partial charge in [0.25, 0.3) is 0 Å². The molecule has 5 nitrogen and oxygen atoms in total. The SMILES string of the molecule is N#Cc1cncc(-c2cccc(-c3ccc4c5c6ccccc6c(-c6cccc(-c7cncc(C#N)c7)c6)cc5n(-c5ccccc5)c4c3)c2)c1. The molecule has 0 atom stereocenters. The zero-order valence-electron chi connectivity index (χ0n) is 27.3. The number of hydrogen-bond donors (Lipinski definition) is 0. The zero-order valence-corrected chi connectivity index (χ0v) is 27.3. The third-order valence-corrected chi connectivity index (χ3v) is 9.56. The van der Waals surface area contributed by atoms with Crippen molar-refractivity contribution in [1.82, 2.24) is 14.5 Å². The predicted octanol–water partition coefficient (Wildman–Crippen LogP) is 11.1. The van der Waals surface area contributed by atoms with Crippen LogP contribution in [0.25, 0.3) is 82.8 Å². The quantitative estimate of drug-likeness (QED) is 0.186. The van der Waals surface area contributed by atoms with E-state index in [0.717, 1.165) is 61.2 Å². The van der Waals surface area contributed by atoms with Gasteiger partial charge in [-0.25, -0.2) is 0 Å². The molecule has 9 rings (SSSR count). The predicted molar refractivity (Wildman–Crippen MR) is 205 cm³/mol. The molecule has 6 aromatic carbocycles. The molecule has 0 saturated heterocycles. The lowest BCUT2D eigenvalue weighted by molar-refractivity contribution is 1.18. The molecule has 0 spiro atoms. The Hall–Kier alpha value is -7.34. The molecule has 3 heterocycles. The summed E-state index contributed by atoms with van der Waals surface area (Å²) in [6.07, 6.45) is 6.78. The maximum absolute atomic E-state index is 9.50. The Morgan fingerprint density at radius 2 is 0.980 bits per heavy atom. The molecule has 0 unspecified atom stereocenters. The van der Waals surface area contributed by atoms with E-state index in [2.05, 4.69) is 148 Å². The van der Waals surface area contributed by atoms with Crippen molar-refractivity contribution < 1.29 is 0 Å². The first-order chi connectivity index (χ1) is 25.2. The van der Waals surface area contributed by atoms with Gasteiger partial charge in [0.2, 0.25) is 0 Å². The summed E-state index contributed by atoms with van der Waals surface area (Å²) in [5, 5.41) is 23.7. The van der Waals surface area contributed by atoms with Crippen molar-refractivity contribution in [1.29, 1.82) is 10.5 Å². The van der Waals surface area contributed by atoms with Gasteiger partial charge in [-0.2, -0.15) is 10.5 Å². The molecule has 0 aliphatic heterocycles. The second-order valence-corrected chi connectivity index (χ2v) is 12.6. The molecule has 0 bridgehead atoms. The minimum absolute atomic E-state index is 0.536.